The third-order valence-corrected chi connectivity index (χ3v) is 3.70. The van der Waals surface area contributed by atoms with Crippen LogP contribution in [0.25, 0.3) is 0 Å². The number of hydrogen-bond donors (Lipinski definition) is 1. The van der Waals surface area contributed by atoms with E-state index in [0.29, 0.717) is 6.42 Å². The number of rotatable bonds is 1. The molecule has 1 saturated carbocycles. The van der Waals surface area contributed by atoms with Gasteiger partial charge in [-0.05, 0) is 25.2 Å². The van der Waals surface area contributed by atoms with Crippen LogP contribution in [0.1, 0.15) is 32.6 Å². The fraction of sp³-hybridized carbons (Fsp3) is 1.00. The zero-order valence-electron chi connectivity index (χ0n) is 7.99. The van der Waals surface area contributed by atoms with Crippen LogP contribution in [-0.4, -0.2) is 23.0 Å². The first-order valence-corrected chi connectivity index (χ1v) is 5.44. The van der Waals surface area contributed by atoms with Crippen molar-refractivity contribution in [2.75, 3.05) is 0 Å². The second-order valence-corrected chi connectivity index (χ2v) is 5.27. The molecule has 0 aromatic heterocycles. The molecule has 2 atom stereocenters. The smallest absolute Gasteiger partial charge is 0.746 e. The molecule has 0 aliphatic heterocycles. The standard InChI is InChI=1S/C7H14O4S.Na/c1-6-3-2-4-7(8,5-6)12(9,10)11;/h6,8H,2-5H2,1H3,(H,9,10,11);/q;+1/p-1. The molecule has 0 aromatic rings. The Balaban J connectivity index is 0.00000144. The Morgan fingerprint density at radius 3 is 2.38 bits per heavy atom. The Kier molecular flexibility index (Phi) is 4.90. The molecule has 0 saturated heterocycles. The Hall–Kier alpha value is 0.870. The van der Waals surface area contributed by atoms with Crippen molar-refractivity contribution in [2.45, 2.75) is 37.5 Å². The predicted octanol–water partition coefficient (Wildman–Crippen LogP) is -2.57. The van der Waals surface area contributed by atoms with E-state index >= 15 is 0 Å². The molecule has 2 unspecified atom stereocenters. The van der Waals surface area contributed by atoms with Crippen molar-refractivity contribution in [3.63, 3.8) is 0 Å². The van der Waals surface area contributed by atoms with E-state index < -0.39 is 15.1 Å². The van der Waals surface area contributed by atoms with Gasteiger partial charge in [0.05, 0.1) is 0 Å². The van der Waals surface area contributed by atoms with Crippen molar-refractivity contribution in [3.05, 3.63) is 0 Å². The summed E-state index contributed by atoms with van der Waals surface area (Å²) in [5.41, 5.74) is 0. The van der Waals surface area contributed by atoms with Gasteiger partial charge in [0.2, 0.25) is 0 Å². The molecule has 13 heavy (non-hydrogen) atoms. The molecular weight excluding hydrogens is 203 g/mol. The predicted molar refractivity (Wildman–Crippen MR) is 42.3 cm³/mol. The third-order valence-electron chi connectivity index (χ3n) is 2.40. The molecule has 0 heterocycles. The van der Waals surface area contributed by atoms with Gasteiger partial charge < -0.3 is 9.66 Å². The summed E-state index contributed by atoms with van der Waals surface area (Å²) in [6, 6.07) is 0. The number of aliphatic hydroxyl groups is 1. The fourth-order valence-electron chi connectivity index (χ4n) is 1.70. The van der Waals surface area contributed by atoms with Crippen LogP contribution in [0, 0.1) is 5.92 Å². The van der Waals surface area contributed by atoms with Gasteiger partial charge in [-0.3, -0.25) is 0 Å². The van der Waals surface area contributed by atoms with Crippen LogP contribution >= 0.6 is 0 Å². The molecule has 6 heteroatoms. The van der Waals surface area contributed by atoms with Crippen LogP contribution in [0.2, 0.25) is 0 Å². The van der Waals surface area contributed by atoms with Gasteiger partial charge in [-0.25, -0.2) is 8.42 Å². The van der Waals surface area contributed by atoms with Gasteiger partial charge in [-0.2, -0.15) is 0 Å². The van der Waals surface area contributed by atoms with E-state index in [1.165, 1.54) is 0 Å². The minimum absolute atomic E-state index is 0. The Bertz CT molecular complexity index is 264. The molecule has 0 aromatic carbocycles. The molecule has 4 nitrogen and oxygen atoms in total. The van der Waals surface area contributed by atoms with Crippen LogP contribution in [-0.2, 0) is 10.1 Å². The van der Waals surface area contributed by atoms with E-state index in [1.54, 1.807) is 0 Å². The van der Waals surface area contributed by atoms with E-state index in [2.05, 4.69) is 0 Å². The normalized spacial score (nSPS) is 35.2. The van der Waals surface area contributed by atoms with E-state index in [-0.39, 0.29) is 48.3 Å². The molecule has 1 fully saturated rings. The Morgan fingerprint density at radius 2 is 2.08 bits per heavy atom. The van der Waals surface area contributed by atoms with Crippen LogP contribution < -0.4 is 29.6 Å². The largest absolute Gasteiger partial charge is 1.00 e. The third kappa shape index (κ3) is 3.18. The first kappa shape index (κ1) is 13.9. The van der Waals surface area contributed by atoms with Crippen molar-refractivity contribution in [2.24, 2.45) is 5.92 Å². The summed E-state index contributed by atoms with van der Waals surface area (Å²) in [5, 5.41) is 9.48. The van der Waals surface area contributed by atoms with Crippen LogP contribution in [0.4, 0.5) is 0 Å². The summed E-state index contributed by atoms with van der Waals surface area (Å²) < 4.78 is 31.9. The average Bonchev–Trinajstić information content (AvgIpc) is 1.83. The molecule has 1 rings (SSSR count). The van der Waals surface area contributed by atoms with Crippen molar-refractivity contribution in [3.8, 4) is 0 Å². The van der Waals surface area contributed by atoms with E-state index in [9.17, 15) is 18.1 Å². The maximum absolute atomic E-state index is 10.6. The molecule has 0 radical (unpaired) electrons. The van der Waals surface area contributed by atoms with Crippen molar-refractivity contribution >= 4 is 10.1 Å². The Morgan fingerprint density at radius 1 is 1.54 bits per heavy atom. The summed E-state index contributed by atoms with van der Waals surface area (Å²) in [5.74, 6) is 0.118. The van der Waals surface area contributed by atoms with Crippen molar-refractivity contribution < 1.29 is 47.6 Å². The van der Waals surface area contributed by atoms with E-state index in [0.717, 1.165) is 6.42 Å². The maximum Gasteiger partial charge on any atom is 1.00 e. The molecule has 1 N–H and O–H groups in total. The summed E-state index contributed by atoms with van der Waals surface area (Å²) in [6.07, 6.45) is 1.67. The van der Waals surface area contributed by atoms with Gasteiger partial charge in [0.1, 0.15) is 10.1 Å². The van der Waals surface area contributed by atoms with Crippen molar-refractivity contribution in [1.82, 2.24) is 0 Å². The second kappa shape index (κ2) is 4.59. The van der Waals surface area contributed by atoms with Crippen LogP contribution in [0.5, 0.6) is 0 Å². The van der Waals surface area contributed by atoms with E-state index in [1.807, 2.05) is 6.92 Å². The summed E-state index contributed by atoms with van der Waals surface area (Å²) in [6.45, 7) is 1.84. The second-order valence-electron chi connectivity index (χ2n) is 3.60. The molecular formula is C7H13NaO4S. The topological polar surface area (TPSA) is 77.4 Å². The molecule has 0 bridgehead atoms. The minimum atomic E-state index is -4.55. The monoisotopic (exact) mass is 216 g/mol. The fourth-order valence-corrected chi connectivity index (χ4v) is 2.59. The molecule has 0 spiro atoms. The van der Waals surface area contributed by atoms with Gasteiger partial charge in [-0.15, -0.1) is 0 Å². The van der Waals surface area contributed by atoms with Gasteiger partial charge in [-0.1, -0.05) is 13.3 Å². The molecule has 1 aliphatic carbocycles. The van der Waals surface area contributed by atoms with Gasteiger partial charge >= 0.3 is 29.6 Å². The summed E-state index contributed by atoms with van der Waals surface area (Å²) in [4.78, 5) is -2.00. The van der Waals surface area contributed by atoms with Gasteiger partial charge in [0.25, 0.3) is 0 Å². The zero-order chi connectivity index (χ0) is 9.41. The maximum atomic E-state index is 10.6. The zero-order valence-corrected chi connectivity index (χ0v) is 10.8. The SMILES string of the molecule is CC1CCCC(O)(S(=O)(=O)[O-])C1.[Na+]. The first-order chi connectivity index (χ1) is 5.35. The van der Waals surface area contributed by atoms with Gasteiger partial charge in [0.15, 0.2) is 4.93 Å². The molecule has 1 aliphatic rings. The van der Waals surface area contributed by atoms with Crippen LogP contribution in [0.15, 0.2) is 0 Å². The summed E-state index contributed by atoms with van der Waals surface area (Å²) >= 11 is 0. The van der Waals surface area contributed by atoms with Gasteiger partial charge in [0, 0.05) is 0 Å². The van der Waals surface area contributed by atoms with Crippen LogP contribution in [0.3, 0.4) is 0 Å². The van der Waals surface area contributed by atoms with Crippen molar-refractivity contribution in [1.29, 1.82) is 0 Å². The molecule has 0 amide bonds. The molecule has 72 valence electrons. The quantitative estimate of drug-likeness (QED) is 0.386. The summed E-state index contributed by atoms with van der Waals surface area (Å²) in [7, 11) is -4.55. The Labute approximate surface area is 101 Å². The average molecular weight is 216 g/mol. The first-order valence-electron chi connectivity index (χ1n) is 4.03. The van der Waals surface area contributed by atoms with E-state index in [4.69, 9.17) is 0 Å². The minimum Gasteiger partial charge on any atom is -0.746 e. The number of hydrogen-bond acceptors (Lipinski definition) is 4.